The molecule has 1 aliphatic rings. The van der Waals surface area contributed by atoms with Crippen molar-refractivity contribution < 1.29 is 9.59 Å². The highest BCUT2D eigenvalue weighted by Crippen LogP contribution is 2.13. The Morgan fingerprint density at radius 3 is 2.65 bits per heavy atom. The van der Waals surface area contributed by atoms with Crippen molar-refractivity contribution in [2.75, 3.05) is 5.32 Å². The highest BCUT2D eigenvalue weighted by Gasteiger charge is 2.20. The van der Waals surface area contributed by atoms with Gasteiger partial charge in [-0.1, -0.05) is 19.1 Å². The van der Waals surface area contributed by atoms with Crippen molar-refractivity contribution in [2.24, 2.45) is 5.10 Å². The second-order valence-electron chi connectivity index (χ2n) is 4.68. The molecule has 0 saturated heterocycles. The third kappa shape index (κ3) is 3.34. The Hall–Kier alpha value is -2.37. The van der Waals surface area contributed by atoms with Crippen LogP contribution in [0.5, 0.6) is 0 Å². The summed E-state index contributed by atoms with van der Waals surface area (Å²) in [6, 6.07) is 6.95. The van der Waals surface area contributed by atoms with Gasteiger partial charge in [0.1, 0.15) is 0 Å². The first-order valence-corrected chi connectivity index (χ1v) is 6.64. The summed E-state index contributed by atoms with van der Waals surface area (Å²) in [6.07, 6.45) is 1.34. The standard InChI is InChI=1S/C14H18N4O2/c1-3-4-12(19)16-11-7-5-10(6-8-11)13-9(2)15-14(20)18-17-13/h5-9H,3-4H2,1-2H3,(H,16,19)(H2,15,18,20). The molecule has 1 atom stereocenters. The lowest BCUT2D eigenvalue weighted by molar-refractivity contribution is -0.116. The topological polar surface area (TPSA) is 82.6 Å². The number of hydrogen-bond donors (Lipinski definition) is 3. The second kappa shape index (κ2) is 6.18. The summed E-state index contributed by atoms with van der Waals surface area (Å²) in [5.74, 6) is 0.0116. The van der Waals surface area contributed by atoms with Gasteiger partial charge in [0.15, 0.2) is 0 Å². The average Bonchev–Trinajstić information content (AvgIpc) is 2.40. The first-order valence-electron chi connectivity index (χ1n) is 6.64. The molecule has 3 N–H and O–H groups in total. The van der Waals surface area contributed by atoms with E-state index in [4.69, 9.17) is 0 Å². The summed E-state index contributed by atoms with van der Waals surface area (Å²) < 4.78 is 0. The van der Waals surface area contributed by atoms with Gasteiger partial charge in [-0.05, 0) is 25.5 Å². The summed E-state index contributed by atoms with van der Waals surface area (Å²) in [5, 5.41) is 9.62. The highest BCUT2D eigenvalue weighted by molar-refractivity contribution is 6.07. The molecule has 106 valence electrons. The molecule has 1 heterocycles. The molecule has 1 aliphatic heterocycles. The Labute approximate surface area is 117 Å². The quantitative estimate of drug-likeness (QED) is 0.782. The van der Waals surface area contributed by atoms with Crippen LogP contribution in [0.15, 0.2) is 29.4 Å². The summed E-state index contributed by atoms with van der Waals surface area (Å²) in [5.41, 5.74) is 4.81. The van der Waals surface area contributed by atoms with Crippen molar-refractivity contribution >= 4 is 23.3 Å². The first-order chi connectivity index (χ1) is 9.60. The zero-order valence-corrected chi connectivity index (χ0v) is 11.6. The van der Waals surface area contributed by atoms with Crippen molar-refractivity contribution in [3.8, 4) is 0 Å². The number of carbonyl (C=O) groups is 2. The van der Waals surface area contributed by atoms with E-state index in [1.165, 1.54) is 0 Å². The molecule has 0 fully saturated rings. The van der Waals surface area contributed by atoms with E-state index in [1.54, 1.807) is 0 Å². The lowest BCUT2D eigenvalue weighted by atomic mass is 10.0. The van der Waals surface area contributed by atoms with Crippen molar-refractivity contribution in [3.63, 3.8) is 0 Å². The molecule has 0 radical (unpaired) electrons. The Morgan fingerprint density at radius 2 is 2.05 bits per heavy atom. The number of anilines is 1. The molecule has 0 saturated carbocycles. The van der Waals surface area contributed by atoms with Gasteiger partial charge in [0.25, 0.3) is 0 Å². The SMILES string of the molecule is CCCC(=O)Nc1ccc(C2=NNC(=O)NC2C)cc1. The fourth-order valence-electron chi connectivity index (χ4n) is 1.99. The second-order valence-corrected chi connectivity index (χ2v) is 4.68. The number of hydrogen-bond acceptors (Lipinski definition) is 3. The van der Waals surface area contributed by atoms with Crippen LogP contribution in [0.25, 0.3) is 0 Å². The maximum absolute atomic E-state index is 11.5. The predicted molar refractivity (Wildman–Crippen MR) is 77.6 cm³/mol. The van der Waals surface area contributed by atoms with E-state index >= 15 is 0 Å². The lowest BCUT2D eigenvalue weighted by Gasteiger charge is -2.21. The zero-order chi connectivity index (χ0) is 14.5. The summed E-state index contributed by atoms with van der Waals surface area (Å²) in [6.45, 7) is 3.83. The van der Waals surface area contributed by atoms with E-state index in [9.17, 15) is 9.59 Å². The molecule has 1 aromatic carbocycles. The minimum absolute atomic E-state index is 0.0116. The Bertz CT molecular complexity index is 537. The Balaban J connectivity index is 2.08. The number of benzene rings is 1. The van der Waals surface area contributed by atoms with Gasteiger partial charge in [-0.25, -0.2) is 10.2 Å². The molecule has 1 unspecified atom stereocenters. The van der Waals surface area contributed by atoms with E-state index < -0.39 is 0 Å². The summed E-state index contributed by atoms with van der Waals surface area (Å²) in [4.78, 5) is 22.6. The largest absolute Gasteiger partial charge is 0.335 e. The van der Waals surface area contributed by atoms with E-state index in [-0.39, 0.29) is 18.0 Å². The molecule has 0 aromatic heterocycles. The molecule has 0 spiro atoms. The minimum atomic E-state index is -0.301. The normalized spacial score (nSPS) is 17.8. The van der Waals surface area contributed by atoms with Crippen LogP contribution in [0.3, 0.4) is 0 Å². The van der Waals surface area contributed by atoms with Crippen LogP contribution in [0.1, 0.15) is 32.3 Å². The van der Waals surface area contributed by atoms with Gasteiger partial charge in [-0.15, -0.1) is 0 Å². The number of rotatable bonds is 4. The molecule has 20 heavy (non-hydrogen) atoms. The van der Waals surface area contributed by atoms with Crippen LogP contribution in [-0.4, -0.2) is 23.7 Å². The van der Waals surface area contributed by atoms with Gasteiger partial charge in [-0.2, -0.15) is 5.10 Å². The van der Waals surface area contributed by atoms with Gasteiger partial charge in [0.2, 0.25) is 5.91 Å². The maximum atomic E-state index is 11.5. The van der Waals surface area contributed by atoms with Crippen LogP contribution in [0, 0.1) is 0 Å². The molecule has 3 amide bonds. The van der Waals surface area contributed by atoms with Crippen LogP contribution in [0.2, 0.25) is 0 Å². The van der Waals surface area contributed by atoms with Gasteiger partial charge in [0.05, 0.1) is 11.8 Å². The van der Waals surface area contributed by atoms with Crippen molar-refractivity contribution in [2.45, 2.75) is 32.7 Å². The zero-order valence-electron chi connectivity index (χ0n) is 11.6. The molecule has 2 rings (SSSR count). The Morgan fingerprint density at radius 1 is 1.35 bits per heavy atom. The average molecular weight is 274 g/mol. The molecular weight excluding hydrogens is 256 g/mol. The van der Waals surface area contributed by atoms with Gasteiger partial charge < -0.3 is 10.6 Å². The first kappa shape index (κ1) is 14.0. The highest BCUT2D eigenvalue weighted by atomic mass is 16.2. The minimum Gasteiger partial charge on any atom is -0.328 e. The molecule has 1 aromatic rings. The third-order valence-corrected chi connectivity index (χ3v) is 2.98. The van der Waals surface area contributed by atoms with Crippen LogP contribution < -0.4 is 16.1 Å². The molecular formula is C14H18N4O2. The van der Waals surface area contributed by atoms with Crippen LogP contribution in [0.4, 0.5) is 10.5 Å². The number of hydrazone groups is 1. The van der Waals surface area contributed by atoms with Crippen molar-refractivity contribution in [1.82, 2.24) is 10.7 Å². The van der Waals surface area contributed by atoms with Crippen molar-refractivity contribution in [3.05, 3.63) is 29.8 Å². The summed E-state index contributed by atoms with van der Waals surface area (Å²) in [7, 11) is 0. The van der Waals surface area contributed by atoms with Gasteiger partial charge >= 0.3 is 6.03 Å². The number of carbonyl (C=O) groups excluding carboxylic acids is 2. The fraction of sp³-hybridized carbons (Fsp3) is 0.357. The molecule has 6 nitrogen and oxygen atoms in total. The van der Waals surface area contributed by atoms with E-state index in [0.717, 1.165) is 23.4 Å². The van der Waals surface area contributed by atoms with E-state index in [1.807, 2.05) is 38.1 Å². The molecule has 6 heteroatoms. The van der Waals surface area contributed by atoms with Gasteiger partial charge in [0, 0.05) is 17.7 Å². The lowest BCUT2D eigenvalue weighted by Crippen LogP contribution is -2.48. The van der Waals surface area contributed by atoms with Crippen LogP contribution >= 0.6 is 0 Å². The fourth-order valence-corrected chi connectivity index (χ4v) is 1.99. The van der Waals surface area contributed by atoms with E-state index in [0.29, 0.717) is 6.42 Å². The molecule has 0 aliphatic carbocycles. The predicted octanol–water partition coefficient (Wildman–Crippen LogP) is 1.83. The monoisotopic (exact) mass is 274 g/mol. The number of nitrogens with one attached hydrogen (secondary N) is 3. The van der Waals surface area contributed by atoms with Gasteiger partial charge in [-0.3, -0.25) is 4.79 Å². The summed E-state index contributed by atoms with van der Waals surface area (Å²) >= 11 is 0. The van der Waals surface area contributed by atoms with Crippen molar-refractivity contribution in [1.29, 1.82) is 0 Å². The number of amides is 3. The third-order valence-electron chi connectivity index (χ3n) is 2.98. The van der Waals surface area contributed by atoms with Crippen LogP contribution in [-0.2, 0) is 4.79 Å². The maximum Gasteiger partial charge on any atom is 0.335 e. The number of nitrogens with zero attached hydrogens (tertiary/aromatic N) is 1. The number of urea groups is 1. The molecule has 0 bridgehead atoms. The Kier molecular flexibility index (Phi) is 4.34. The smallest absolute Gasteiger partial charge is 0.328 e. The van der Waals surface area contributed by atoms with E-state index in [2.05, 4.69) is 21.2 Å².